The lowest BCUT2D eigenvalue weighted by molar-refractivity contribution is 0.282. The van der Waals surface area contributed by atoms with Gasteiger partial charge in [0.05, 0.1) is 6.54 Å². The lowest BCUT2D eigenvalue weighted by Gasteiger charge is -2.20. The monoisotopic (exact) mass is 369 g/mol. The highest BCUT2D eigenvalue weighted by Gasteiger charge is 2.27. The zero-order valence-electron chi connectivity index (χ0n) is 16.7. The molecule has 1 fully saturated rings. The summed E-state index contributed by atoms with van der Waals surface area (Å²) in [6.45, 7) is 10.7. The molecule has 6 nitrogen and oxygen atoms in total. The molecule has 2 aromatic rings. The lowest BCUT2D eigenvalue weighted by Crippen LogP contribution is -2.42. The van der Waals surface area contributed by atoms with Gasteiger partial charge in [-0.2, -0.15) is 0 Å². The Kier molecular flexibility index (Phi) is 6.87. The van der Waals surface area contributed by atoms with E-state index in [1.807, 2.05) is 12.1 Å². The van der Waals surface area contributed by atoms with E-state index in [4.69, 9.17) is 4.42 Å². The number of rotatable bonds is 9. The van der Waals surface area contributed by atoms with Crippen LogP contribution in [-0.2, 0) is 6.54 Å². The predicted octanol–water partition coefficient (Wildman–Crippen LogP) is 3.19. The quantitative estimate of drug-likeness (QED) is 0.525. The molecule has 0 unspecified atom stereocenters. The summed E-state index contributed by atoms with van der Waals surface area (Å²) in [7, 11) is 0. The summed E-state index contributed by atoms with van der Waals surface area (Å²) >= 11 is 0. The Balaban J connectivity index is 1.53. The fourth-order valence-electron chi connectivity index (χ4n) is 3.07. The van der Waals surface area contributed by atoms with Crippen molar-refractivity contribution in [2.45, 2.75) is 46.2 Å². The maximum atomic E-state index is 5.62. The van der Waals surface area contributed by atoms with Gasteiger partial charge in [-0.05, 0) is 45.4 Å². The van der Waals surface area contributed by atoms with Crippen LogP contribution in [0.3, 0.4) is 0 Å². The number of hydrogen-bond donors (Lipinski definition) is 2. The molecule has 6 heteroatoms. The van der Waals surface area contributed by atoms with E-state index in [-0.39, 0.29) is 0 Å². The second kappa shape index (κ2) is 9.55. The summed E-state index contributed by atoms with van der Waals surface area (Å²) in [4.78, 5) is 11.7. The zero-order valence-corrected chi connectivity index (χ0v) is 16.7. The molecule has 2 N–H and O–H groups in total. The van der Waals surface area contributed by atoms with Gasteiger partial charge in [-0.25, -0.2) is 9.98 Å². The topological polar surface area (TPSA) is 65.7 Å². The molecular formula is C21H31N5O. The number of benzene rings is 1. The van der Waals surface area contributed by atoms with E-state index in [1.54, 1.807) is 6.26 Å². The number of hydrogen-bond acceptors (Lipinski definition) is 4. The van der Waals surface area contributed by atoms with Gasteiger partial charge in [0, 0.05) is 31.2 Å². The van der Waals surface area contributed by atoms with Crippen molar-refractivity contribution in [2.24, 2.45) is 4.99 Å². The van der Waals surface area contributed by atoms with E-state index in [9.17, 15) is 0 Å². The summed E-state index contributed by atoms with van der Waals surface area (Å²) < 4.78 is 5.62. The first-order chi connectivity index (χ1) is 13.2. The lowest BCUT2D eigenvalue weighted by atomic mass is 10.1. The Morgan fingerprint density at radius 1 is 1.22 bits per heavy atom. The van der Waals surface area contributed by atoms with Gasteiger partial charge in [0.2, 0.25) is 5.89 Å². The van der Waals surface area contributed by atoms with E-state index in [0.717, 1.165) is 49.4 Å². The molecule has 0 atom stereocenters. The third kappa shape index (κ3) is 5.82. The number of oxazole rings is 1. The largest absolute Gasteiger partial charge is 0.444 e. The predicted molar refractivity (Wildman–Crippen MR) is 110 cm³/mol. The molecule has 0 aliphatic heterocycles. The SMILES string of the molecule is CCNC(=NCc1coc(-c2ccc(C)cc2)n1)NCCN(CC)C1CC1. The Labute approximate surface area is 162 Å². The first-order valence-electron chi connectivity index (χ1n) is 9.97. The number of guanidine groups is 1. The minimum absolute atomic E-state index is 0.491. The van der Waals surface area contributed by atoms with Crippen molar-refractivity contribution in [2.75, 3.05) is 26.2 Å². The summed E-state index contributed by atoms with van der Waals surface area (Å²) in [6, 6.07) is 8.97. The number of aliphatic imine (C=N–C) groups is 1. The van der Waals surface area contributed by atoms with Crippen LogP contribution < -0.4 is 10.6 Å². The minimum Gasteiger partial charge on any atom is -0.444 e. The molecule has 0 saturated heterocycles. The first kappa shape index (κ1) is 19.4. The van der Waals surface area contributed by atoms with Crippen LogP contribution in [0, 0.1) is 6.92 Å². The van der Waals surface area contributed by atoms with Crippen LogP contribution >= 0.6 is 0 Å². The van der Waals surface area contributed by atoms with Crippen LogP contribution in [0.4, 0.5) is 0 Å². The van der Waals surface area contributed by atoms with E-state index < -0.39 is 0 Å². The van der Waals surface area contributed by atoms with Crippen molar-refractivity contribution < 1.29 is 4.42 Å². The molecule has 1 aromatic carbocycles. The number of likely N-dealkylation sites (N-methyl/N-ethyl adjacent to an activating group) is 1. The average molecular weight is 370 g/mol. The molecule has 1 aliphatic carbocycles. The number of aromatic nitrogens is 1. The molecule has 146 valence electrons. The molecule has 1 aliphatic rings. The molecular weight excluding hydrogens is 338 g/mol. The maximum Gasteiger partial charge on any atom is 0.226 e. The summed E-state index contributed by atoms with van der Waals surface area (Å²) in [6.07, 6.45) is 4.38. The van der Waals surface area contributed by atoms with Gasteiger partial charge in [0.25, 0.3) is 0 Å². The smallest absolute Gasteiger partial charge is 0.226 e. The number of nitrogens with zero attached hydrogens (tertiary/aromatic N) is 3. The van der Waals surface area contributed by atoms with Gasteiger partial charge in [-0.15, -0.1) is 0 Å². The highest BCUT2D eigenvalue weighted by atomic mass is 16.3. The fraction of sp³-hybridized carbons (Fsp3) is 0.524. The van der Waals surface area contributed by atoms with E-state index in [0.29, 0.717) is 12.4 Å². The molecule has 0 amide bonds. The Hall–Kier alpha value is -2.34. The summed E-state index contributed by atoms with van der Waals surface area (Å²) in [5.74, 6) is 1.46. The van der Waals surface area contributed by atoms with Crippen molar-refractivity contribution in [1.29, 1.82) is 0 Å². The second-order valence-electron chi connectivity index (χ2n) is 6.99. The number of nitrogens with one attached hydrogen (secondary N) is 2. The van der Waals surface area contributed by atoms with Crippen LogP contribution in [0.2, 0.25) is 0 Å². The number of aryl methyl sites for hydroxylation is 1. The second-order valence-corrected chi connectivity index (χ2v) is 6.99. The van der Waals surface area contributed by atoms with Crippen LogP contribution in [0.1, 0.15) is 37.9 Å². The van der Waals surface area contributed by atoms with Gasteiger partial charge in [-0.3, -0.25) is 4.90 Å². The van der Waals surface area contributed by atoms with Gasteiger partial charge in [0.1, 0.15) is 12.0 Å². The third-order valence-corrected chi connectivity index (χ3v) is 4.75. The van der Waals surface area contributed by atoms with Gasteiger partial charge in [-0.1, -0.05) is 24.6 Å². The maximum absolute atomic E-state index is 5.62. The zero-order chi connectivity index (χ0) is 19.1. The van der Waals surface area contributed by atoms with Gasteiger partial charge < -0.3 is 15.1 Å². The van der Waals surface area contributed by atoms with Gasteiger partial charge >= 0.3 is 0 Å². The Bertz CT molecular complexity index is 733. The van der Waals surface area contributed by atoms with E-state index >= 15 is 0 Å². The van der Waals surface area contributed by atoms with Crippen molar-refractivity contribution in [1.82, 2.24) is 20.5 Å². The van der Waals surface area contributed by atoms with Crippen molar-refractivity contribution in [3.05, 3.63) is 41.8 Å². The molecule has 0 spiro atoms. The molecule has 0 radical (unpaired) electrons. The third-order valence-electron chi connectivity index (χ3n) is 4.75. The van der Waals surface area contributed by atoms with E-state index in [2.05, 4.69) is 58.4 Å². The highest BCUT2D eigenvalue weighted by Crippen LogP contribution is 2.25. The van der Waals surface area contributed by atoms with Crippen molar-refractivity contribution in [3.8, 4) is 11.5 Å². The van der Waals surface area contributed by atoms with Crippen LogP contribution in [-0.4, -0.2) is 48.1 Å². The van der Waals surface area contributed by atoms with Crippen LogP contribution in [0.5, 0.6) is 0 Å². The minimum atomic E-state index is 0.491. The van der Waals surface area contributed by atoms with Crippen molar-refractivity contribution >= 4 is 5.96 Å². The highest BCUT2D eigenvalue weighted by molar-refractivity contribution is 5.79. The van der Waals surface area contributed by atoms with E-state index in [1.165, 1.54) is 18.4 Å². The molecule has 0 bridgehead atoms. The first-order valence-corrected chi connectivity index (χ1v) is 9.97. The van der Waals surface area contributed by atoms with Gasteiger partial charge in [0.15, 0.2) is 5.96 Å². The molecule has 27 heavy (non-hydrogen) atoms. The normalized spacial score (nSPS) is 14.6. The summed E-state index contributed by atoms with van der Waals surface area (Å²) in [5.41, 5.74) is 3.04. The Morgan fingerprint density at radius 2 is 2.00 bits per heavy atom. The molecule has 1 aromatic heterocycles. The summed E-state index contributed by atoms with van der Waals surface area (Å²) in [5, 5.41) is 6.72. The standard InChI is InChI=1S/C21H31N5O/c1-4-22-21(23-12-13-26(5-2)19-10-11-19)24-14-18-15-27-20(25-18)17-8-6-16(3)7-9-17/h6-9,15,19H,4-5,10-14H2,1-3H3,(H2,22,23,24). The molecule has 1 saturated carbocycles. The van der Waals surface area contributed by atoms with Crippen LogP contribution in [0.15, 0.2) is 39.9 Å². The average Bonchev–Trinajstić information content (AvgIpc) is 3.41. The fourth-order valence-corrected chi connectivity index (χ4v) is 3.07. The van der Waals surface area contributed by atoms with Crippen molar-refractivity contribution in [3.63, 3.8) is 0 Å². The van der Waals surface area contributed by atoms with Crippen LogP contribution in [0.25, 0.3) is 11.5 Å². The molecule has 1 heterocycles. The molecule has 3 rings (SSSR count). The Morgan fingerprint density at radius 3 is 2.67 bits per heavy atom.